The monoisotopic (exact) mass is 766 g/mol. The number of likely N-dealkylation sites (tertiary alicyclic amines) is 1. The topological polar surface area (TPSA) is 111 Å². The Balaban J connectivity index is 1.14. The number of H-pyrrole nitrogens is 1. The van der Waals surface area contributed by atoms with E-state index in [1.54, 1.807) is 18.6 Å². The summed E-state index contributed by atoms with van der Waals surface area (Å²) in [6.07, 6.45) is 7.18. The van der Waals surface area contributed by atoms with Crippen molar-refractivity contribution >= 4 is 69.1 Å². The molecule has 0 bridgehead atoms. The molecule has 2 fully saturated rings. The molecule has 2 saturated heterocycles. The molecule has 0 aliphatic carbocycles. The summed E-state index contributed by atoms with van der Waals surface area (Å²) in [5.74, 6) is 0.337. The van der Waals surface area contributed by atoms with Crippen molar-refractivity contribution in [3.05, 3.63) is 118 Å². The van der Waals surface area contributed by atoms with Gasteiger partial charge in [0.15, 0.2) is 5.82 Å². The molecule has 3 aromatic carbocycles. The highest BCUT2D eigenvalue weighted by molar-refractivity contribution is 6.35. The fourth-order valence-corrected chi connectivity index (χ4v) is 7.98. The summed E-state index contributed by atoms with van der Waals surface area (Å²) < 4.78 is 2.01. The molecular formula is C40H37Cl3N8O2. The van der Waals surface area contributed by atoms with Crippen molar-refractivity contribution in [1.82, 2.24) is 29.7 Å². The number of hydrogen-bond donors (Lipinski definition) is 3. The number of hydrogen-bond acceptors (Lipinski definition) is 5. The molecule has 53 heavy (non-hydrogen) atoms. The zero-order chi connectivity index (χ0) is 36.5. The van der Waals surface area contributed by atoms with Crippen LogP contribution in [0.1, 0.15) is 41.7 Å². The number of anilines is 2. The normalized spacial score (nSPS) is 14.9. The van der Waals surface area contributed by atoms with E-state index in [2.05, 4.69) is 20.5 Å². The second kappa shape index (κ2) is 15.1. The van der Waals surface area contributed by atoms with Crippen LogP contribution < -0.4 is 15.5 Å². The number of benzene rings is 3. The molecule has 270 valence electrons. The molecule has 5 heterocycles. The Morgan fingerprint density at radius 3 is 2.38 bits per heavy atom. The number of rotatable bonds is 8. The average molecular weight is 768 g/mol. The van der Waals surface area contributed by atoms with Gasteiger partial charge >= 0.3 is 6.03 Å². The molecule has 3 amide bonds. The molecule has 6 aromatic rings. The van der Waals surface area contributed by atoms with Gasteiger partial charge in [-0.3, -0.25) is 4.79 Å². The van der Waals surface area contributed by atoms with Gasteiger partial charge in [0.25, 0.3) is 5.91 Å². The Bertz CT molecular complexity index is 2290. The lowest BCUT2D eigenvalue weighted by atomic mass is 10.0. The second-order valence-electron chi connectivity index (χ2n) is 13.5. The van der Waals surface area contributed by atoms with Gasteiger partial charge in [-0.25, -0.2) is 14.8 Å². The van der Waals surface area contributed by atoms with Crippen LogP contribution >= 0.6 is 34.8 Å². The van der Waals surface area contributed by atoms with E-state index in [4.69, 9.17) is 44.8 Å². The molecule has 3 N–H and O–H groups in total. The van der Waals surface area contributed by atoms with Crippen molar-refractivity contribution in [2.45, 2.75) is 38.3 Å². The molecule has 2 aliphatic heterocycles. The third-order valence-corrected chi connectivity index (χ3v) is 10.8. The third kappa shape index (κ3) is 7.31. The SMILES string of the molecule is O=C(Nc1cccnc1N1CCC(NC(=O)N2CCCC2)CC1)c1[nH]c2cc(Cl)ccc2c1-c1c(-c2ccccc2)ncn1Cc1ccc(Cl)cc1Cl. The number of carbonyl (C=O) groups is 2. The lowest BCUT2D eigenvalue weighted by molar-refractivity contribution is 0.102. The molecule has 10 nitrogen and oxygen atoms in total. The number of aromatic nitrogens is 4. The number of halogens is 3. The van der Waals surface area contributed by atoms with E-state index >= 15 is 0 Å². The minimum atomic E-state index is -0.342. The first kappa shape index (κ1) is 35.0. The number of fused-ring (bicyclic) bond motifs is 1. The fourth-order valence-electron chi connectivity index (χ4n) is 7.34. The van der Waals surface area contributed by atoms with Gasteiger partial charge < -0.3 is 30.0 Å². The van der Waals surface area contributed by atoms with Crippen LogP contribution in [0, 0.1) is 0 Å². The van der Waals surface area contributed by atoms with Crippen LogP contribution in [0.4, 0.5) is 16.3 Å². The van der Waals surface area contributed by atoms with Gasteiger partial charge in [-0.1, -0.05) is 77.3 Å². The Morgan fingerprint density at radius 1 is 0.849 bits per heavy atom. The highest BCUT2D eigenvalue weighted by Gasteiger charge is 2.29. The molecule has 0 spiro atoms. The minimum Gasteiger partial charge on any atom is -0.355 e. The number of nitrogens with zero attached hydrogens (tertiary/aromatic N) is 5. The Morgan fingerprint density at radius 2 is 1.60 bits per heavy atom. The quantitative estimate of drug-likeness (QED) is 0.143. The van der Waals surface area contributed by atoms with Gasteiger partial charge in [-0.05, 0) is 67.6 Å². The molecule has 2 aliphatic rings. The maximum atomic E-state index is 14.6. The molecule has 0 saturated carbocycles. The van der Waals surface area contributed by atoms with Crippen LogP contribution in [-0.2, 0) is 6.54 Å². The van der Waals surface area contributed by atoms with Crippen LogP contribution in [0.3, 0.4) is 0 Å². The molecule has 3 aromatic heterocycles. The number of aromatic amines is 1. The first-order chi connectivity index (χ1) is 25.8. The number of urea groups is 1. The highest BCUT2D eigenvalue weighted by atomic mass is 35.5. The van der Waals surface area contributed by atoms with E-state index in [0.29, 0.717) is 68.7 Å². The Kier molecular flexibility index (Phi) is 10.0. The van der Waals surface area contributed by atoms with Gasteiger partial charge in [0.2, 0.25) is 0 Å². The van der Waals surface area contributed by atoms with E-state index in [9.17, 15) is 9.59 Å². The smallest absolute Gasteiger partial charge is 0.317 e. The average Bonchev–Trinajstić information content (AvgIpc) is 3.93. The lowest BCUT2D eigenvalue weighted by Gasteiger charge is -2.34. The number of amides is 3. The van der Waals surface area contributed by atoms with Gasteiger partial charge in [-0.15, -0.1) is 0 Å². The highest BCUT2D eigenvalue weighted by Crippen LogP contribution is 2.40. The van der Waals surface area contributed by atoms with Crippen molar-refractivity contribution in [2.75, 3.05) is 36.4 Å². The van der Waals surface area contributed by atoms with E-state index in [0.717, 1.165) is 61.0 Å². The van der Waals surface area contributed by atoms with Crippen LogP contribution in [0.2, 0.25) is 15.1 Å². The number of carbonyl (C=O) groups excluding carboxylic acids is 2. The Hall–Kier alpha value is -5.03. The number of imidazole rings is 1. The van der Waals surface area contributed by atoms with Crippen molar-refractivity contribution in [3.8, 4) is 22.5 Å². The summed E-state index contributed by atoms with van der Waals surface area (Å²) in [6.45, 7) is 3.40. The number of nitrogens with one attached hydrogen (secondary N) is 3. The summed E-state index contributed by atoms with van der Waals surface area (Å²) in [4.78, 5) is 44.4. The summed E-state index contributed by atoms with van der Waals surface area (Å²) in [7, 11) is 0. The summed E-state index contributed by atoms with van der Waals surface area (Å²) in [6, 6.07) is 24.7. The van der Waals surface area contributed by atoms with Crippen molar-refractivity contribution in [2.24, 2.45) is 0 Å². The van der Waals surface area contributed by atoms with E-state index in [1.807, 2.05) is 82.3 Å². The van der Waals surface area contributed by atoms with Crippen molar-refractivity contribution in [3.63, 3.8) is 0 Å². The zero-order valence-electron chi connectivity index (χ0n) is 28.8. The Labute approximate surface area is 322 Å². The van der Waals surface area contributed by atoms with Crippen LogP contribution in [0.25, 0.3) is 33.4 Å². The number of piperidine rings is 1. The zero-order valence-corrected chi connectivity index (χ0v) is 31.1. The molecule has 8 rings (SSSR count). The first-order valence-electron chi connectivity index (χ1n) is 17.7. The van der Waals surface area contributed by atoms with Gasteiger partial charge in [0, 0.05) is 75.5 Å². The van der Waals surface area contributed by atoms with Crippen LogP contribution in [0.15, 0.2) is 91.4 Å². The first-order valence-corrected chi connectivity index (χ1v) is 18.9. The van der Waals surface area contributed by atoms with E-state index in [1.165, 1.54) is 0 Å². The second-order valence-corrected chi connectivity index (χ2v) is 14.8. The van der Waals surface area contributed by atoms with Gasteiger partial charge in [-0.2, -0.15) is 0 Å². The largest absolute Gasteiger partial charge is 0.355 e. The fraction of sp³-hybridized carbons (Fsp3) is 0.250. The standard InChI is InChI=1S/C40H37Cl3N8O2/c41-27-11-10-26(31(43)21-27)23-51-24-45-35(25-7-2-1-3-8-25)37(51)34-30-13-12-28(42)22-33(30)47-36(34)39(52)48-32-9-6-16-44-38(32)49-19-14-29(15-20-49)46-40(53)50-17-4-5-18-50/h1-3,6-13,16,21-22,24,29,47H,4-5,14-15,17-20,23H2,(H,46,53)(H,48,52). The molecular weight excluding hydrogens is 731 g/mol. The number of pyridine rings is 1. The van der Waals surface area contributed by atoms with E-state index in [-0.39, 0.29) is 18.0 Å². The molecule has 0 radical (unpaired) electrons. The summed E-state index contributed by atoms with van der Waals surface area (Å²) in [5.41, 5.74) is 5.52. The van der Waals surface area contributed by atoms with Crippen LogP contribution in [0.5, 0.6) is 0 Å². The molecule has 0 atom stereocenters. The lowest BCUT2D eigenvalue weighted by Crippen LogP contribution is -2.48. The predicted octanol–water partition coefficient (Wildman–Crippen LogP) is 9.13. The molecule has 0 unspecified atom stereocenters. The maximum absolute atomic E-state index is 14.6. The van der Waals surface area contributed by atoms with E-state index < -0.39 is 0 Å². The predicted molar refractivity (Wildman–Crippen MR) is 212 cm³/mol. The van der Waals surface area contributed by atoms with Crippen LogP contribution in [-0.4, -0.2) is 68.6 Å². The minimum absolute atomic E-state index is 0.0233. The van der Waals surface area contributed by atoms with Crippen molar-refractivity contribution in [1.29, 1.82) is 0 Å². The van der Waals surface area contributed by atoms with Gasteiger partial charge in [0.05, 0.1) is 29.9 Å². The van der Waals surface area contributed by atoms with Gasteiger partial charge in [0.1, 0.15) is 5.69 Å². The third-order valence-electron chi connectivity index (χ3n) is 10.0. The maximum Gasteiger partial charge on any atom is 0.317 e. The molecule has 13 heteroatoms. The summed E-state index contributed by atoms with van der Waals surface area (Å²) >= 11 is 19.4. The van der Waals surface area contributed by atoms with Crippen molar-refractivity contribution < 1.29 is 9.59 Å². The summed E-state index contributed by atoms with van der Waals surface area (Å²) in [5, 5.41) is 8.82.